The molecule has 1 aliphatic rings. The Bertz CT molecular complexity index is 1010. The molecule has 1 unspecified atom stereocenters. The van der Waals surface area contributed by atoms with Crippen LogP contribution in [0.4, 0.5) is 0 Å². The topological polar surface area (TPSA) is 123 Å². The predicted octanol–water partition coefficient (Wildman–Crippen LogP) is 2.08. The number of esters is 1. The summed E-state index contributed by atoms with van der Waals surface area (Å²) in [5.41, 5.74) is 1.74. The van der Waals surface area contributed by atoms with Crippen molar-refractivity contribution in [1.82, 2.24) is 10.6 Å². The number of rotatable bonds is 12. The Morgan fingerprint density at radius 2 is 1.56 bits per heavy atom. The minimum Gasteiger partial charge on any atom is -0.480 e. The van der Waals surface area contributed by atoms with Crippen LogP contribution in [0.5, 0.6) is 0 Å². The number of hydrogen-bond donors (Lipinski definition) is 3. The van der Waals surface area contributed by atoms with Gasteiger partial charge in [0.05, 0.1) is 12.6 Å². The Balaban J connectivity index is 1.77. The molecule has 2 aromatic rings. The second-order valence-corrected chi connectivity index (χ2v) is 9.30. The SMILES string of the molecule is C[C@@H](NC(=O)[C@H](Cc1ccccc1)NC(Cc1ccccc1)C(=O)OC[C@@H]1COC(C)(C)O1)C(=O)O. The minimum absolute atomic E-state index is 0.0147. The van der Waals surface area contributed by atoms with Gasteiger partial charge in [-0.05, 0) is 44.7 Å². The van der Waals surface area contributed by atoms with E-state index in [-0.39, 0.29) is 25.6 Å². The molecule has 4 atom stereocenters. The van der Waals surface area contributed by atoms with Crippen molar-refractivity contribution < 1.29 is 33.7 Å². The third-order valence-corrected chi connectivity index (χ3v) is 5.78. The lowest BCUT2D eigenvalue weighted by Gasteiger charge is -2.26. The Morgan fingerprint density at radius 1 is 1.00 bits per heavy atom. The molecular weight excluding hydrogens is 464 g/mol. The highest BCUT2D eigenvalue weighted by molar-refractivity contribution is 5.87. The van der Waals surface area contributed by atoms with E-state index in [1.807, 2.05) is 60.7 Å². The lowest BCUT2D eigenvalue weighted by atomic mass is 10.0. The van der Waals surface area contributed by atoms with Gasteiger partial charge in [0.25, 0.3) is 0 Å². The molecule has 2 aromatic carbocycles. The van der Waals surface area contributed by atoms with E-state index >= 15 is 0 Å². The Hall–Kier alpha value is -3.27. The zero-order valence-corrected chi connectivity index (χ0v) is 20.8. The first-order valence-corrected chi connectivity index (χ1v) is 12.0. The second kappa shape index (κ2) is 12.6. The number of carbonyl (C=O) groups is 3. The second-order valence-electron chi connectivity index (χ2n) is 9.30. The van der Waals surface area contributed by atoms with Crippen molar-refractivity contribution in [3.8, 4) is 0 Å². The number of nitrogens with one attached hydrogen (secondary N) is 2. The van der Waals surface area contributed by atoms with E-state index < -0.39 is 41.8 Å². The molecule has 1 aliphatic heterocycles. The summed E-state index contributed by atoms with van der Waals surface area (Å²) in [6, 6.07) is 15.9. The minimum atomic E-state index is -1.15. The first-order chi connectivity index (χ1) is 17.1. The summed E-state index contributed by atoms with van der Waals surface area (Å²) in [6.07, 6.45) is 0.146. The molecule has 0 saturated carbocycles. The summed E-state index contributed by atoms with van der Waals surface area (Å²) in [7, 11) is 0. The van der Waals surface area contributed by atoms with Crippen molar-refractivity contribution in [2.24, 2.45) is 0 Å². The molecule has 0 aromatic heterocycles. The fraction of sp³-hybridized carbons (Fsp3) is 0.444. The first-order valence-electron chi connectivity index (χ1n) is 12.0. The normalized spacial score (nSPS) is 19.1. The largest absolute Gasteiger partial charge is 0.480 e. The van der Waals surface area contributed by atoms with Gasteiger partial charge in [0.15, 0.2) is 5.79 Å². The summed E-state index contributed by atoms with van der Waals surface area (Å²) in [6.45, 7) is 5.30. The maximum atomic E-state index is 13.2. The highest BCUT2D eigenvalue weighted by atomic mass is 16.7. The van der Waals surface area contributed by atoms with E-state index in [9.17, 15) is 19.5 Å². The summed E-state index contributed by atoms with van der Waals surface area (Å²) in [4.78, 5) is 37.6. The van der Waals surface area contributed by atoms with E-state index in [4.69, 9.17) is 14.2 Å². The van der Waals surface area contributed by atoms with Crippen LogP contribution in [-0.4, -0.2) is 66.2 Å². The van der Waals surface area contributed by atoms with Gasteiger partial charge in [-0.2, -0.15) is 0 Å². The van der Waals surface area contributed by atoms with Crippen molar-refractivity contribution in [2.75, 3.05) is 13.2 Å². The third-order valence-electron chi connectivity index (χ3n) is 5.78. The van der Waals surface area contributed by atoms with Crippen LogP contribution in [0.2, 0.25) is 0 Å². The monoisotopic (exact) mass is 498 g/mol. The molecule has 0 spiro atoms. The molecule has 0 bridgehead atoms. The molecule has 1 fully saturated rings. The van der Waals surface area contributed by atoms with E-state index in [1.54, 1.807) is 13.8 Å². The number of hydrogen-bond acceptors (Lipinski definition) is 7. The van der Waals surface area contributed by atoms with Crippen molar-refractivity contribution in [2.45, 2.75) is 63.6 Å². The fourth-order valence-electron chi connectivity index (χ4n) is 3.88. The van der Waals surface area contributed by atoms with E-state index in [0.717, 1.165) is 11.1 Å². The average molecular weight is 499 g/mol. The van der Waals surface area contributed by atoms with Crippen molar-refractivity contribution >= 4 is 17.8 Å². The van der Waals surface area contributed by atoms with Crippen molar-refractivity contribution in [3.05, 3.63) is 71.8 Å². The molecule has 3 N–H and O–H groups in total. The zero-order chi connectivity index (χ0) is 26.1. The molecule has 9 nitrogen and oxygen atoms in total. The van der Waals surface area contributed by atoms with Gasteiger partial charge in [-0.25, -0.2) is 0 Å². The lowest BCUT2D eigenvalue weighted by molar-refractivity contribution is -0.160. The van der Waals surface area contributed by atoms with Crippen LogP contribution in [-0.2, 0) is 41.4 Å². The first kappa shape index (κ1) is 27.3. The van der Waals surface area contributed by atoms with Crippen LogP contribution in [0.25, 0.3) is 0 Å². The van der Waals surface area contributed by atoms with Crippen LogP contribution >= 0.6 is 0 Å². The van der Waals surface area contributed by atoms with E-state index in [2.05, 4.69) is 10.6 Å². The Kier molecular flexibility index (Phi) is 9.58. The van der Waals surface area contributed by atoms with Crippen LogP contribution in [0, 0.1) is 0 Å². The van der Waals surface area contributed by atoms with Gasteiger partial charge in [0.1, 0.15) is 24.8 Å². The maximum Gasteiger partial charge on any atom is 0.325 e. The molecule has 3 rings (SSSR count). The van der Waals surface area contributed by atoms with Gasteiger partial charge in [-0.15, -0.1) is 0 Å². The van der Waals surface area contributed by atoms with Crippen LogP contribution in [0.1, 0.15) is 31.9 Å². The number of carboxylic acid groups (broad SMARTS) is 1. The highest BCUT2D eigenvalue weighted by Gasteiger charge is 2.35. The third kappa shape index (κ3) is 8.44. The molecule has 0 aliphatic carbocycles. The fourth-order valence-corrected chi connectivity index (χ4v) is 3.88. The summed E-state index contributed by atoms with van der Waals surface area (Å²) in [5.74, 6) is -2.94. The highest BCUT2D eigenvalue weighted by Crippen LogP contribution is 2.22. The predicted molar refractivity (Wildman–Crippen MR) is 132 cm³/mol. The van der Waals surface area contributed by atoms with E-state index in [1.165, 1.54) is 6.92 Å². The number of carbonyl (C=O) groups excluding carboxylic acids is 2. The number of benzene rings is 2. The summed E-state index contributed by atoms with van der Waals surface area (Å²) in [5, 5.41) is 14.9. The number of ether oxygens (including phenoxy) is 3. The van der Waals surface area contributed by atoms with Crippen LogP contribution < -0.4 is 10.6 Å². The molecule has 1 heterocycles. The van der Waals surface area contributed by atoms with Gasteiger partial charge in [0.2, 0.25) is 5.91 Å². The Labute approximate surface area is 211 Å². The number of carboxylic acids is 1. The van der Waals surface area contributed by atoms with Gasteiger partial charge in [0, 0.05) is 0 Å². The number of aliphatic carboxylic acids is 1. The standard InChI is InChI=1S/C27H34N2O7/c1-18(25(31)32)28-24(30)22(14-19-10-6-4-7-11-19)29-23(15-20-12-8-5-9-13-20)26(33)34-16-21-17-35-27(2,3)36-21/h4-13,18,21-23,29H,14-17H2,1-3H3,(H,28,30)(H,31,32)/t18-,21-,22+,23?/m1/s1. The molecule has 1 saturated heterocycles. The van der Waals surface area contributed by atoms with Gasteiger partial charge in [-0.1, -0.05) is 60.7 Å². The molecule has 194 valence electrons. The average Bonchev–Trinajstić information content (AvgIpc) is 3.21. The van der Waals surface area contributed by atoms with Gasteiger partial charge >= 0.3 is 11.9 Å². The smallest absolute Gasteiger partial charge is 0.325 e. The van der Waals surface area contributed by atoms with Gasteiger partial charge in [-0.3, -0.25) is 19.7 Å². The summed E-state index contributed by atoms with van der Waals surface area (Å²) >= 11 is 0. The molecule has 0 radical (unpaired) electrons. The zero-order valence-electron chi connectivity index (χ0n) is 20.8. The molecular formula is C27H34N2O7. The van der Waals surface area contributed by atoms with Crippen molar-refractivity contribution in [1.29, 1.82) is 0 Å². The maximum absolute atomic E-state index is 13.2. The Morgan fingerprint density at radius 3 is 2.06 bits per heavy atom. The number of amides is 1. The van der Waals surface area contributed by atoms with Crippen LogP contribution in [0.15, 0.2) is 60.7 Å². The van der Waals surface area contributed by atoms with Crippen molar-refractivity contribution in [3.63, 3.8) is 0 Å². The quantitative estimate of drug-likeness (QED) is 0.380. The summed E-state index contributed by atoms with van der Waals surface area (Å²) < 4.78 is 16.8. The van der Waals surface area contributed by atoms with Gasteiger partial charge < -0.3 is 24.6 Å². The molecule has 1 amide bonds. The van der Waals surface area contributed by atoms with Crippen LogP contribution in [0.3, 0.4) is 0 Å². The molecule has 36 heavy (non-hydrogen) atoms. The lowest BCUT2D eigenvalue weighted by Crippen LogP contribution is -2.55. The van der Waals surface area contributed by atoms with E-state index in [0.29, 0.717) is 6.61 Å². The molecule has 9 heteroatoms.